The van der Waals surface area contributed by atoms with E-state index in [9.17, 15) is 4.79 Å². The molecular formula is C12H24O2Sn. The van der Waals surface area contributed by atoms with E-state index in [1.165, 1.54) is 23.7 Å². The van der Waals surface area contributed by atoms with E-state index in [0.717, 1.165) is 19.3 Å². The Balaban J connectivity index is 3.63. The zero-order valence-electron chi connectivity index (χ0n) is 10.3. The van der Waals surface area contributed by atoms with E-state index in [1.54, 1.807) is 0 Å². The van der Waals surface area contributed by atoms with Gasteiger partial charge in [-0.25, -0.2) is 0 Å². The summed E-state index contributed by atoms with van der Waals surface area (Å²) < 4.78 is 6.60. The van der Waals surface area contributed by atoms with Crippen LogP contribution in [0.5, 0.6) is 0 Å². The molecule has 0 spiro atoms. The normalized spacial score (nSPS) is 12.5. The number of carbonyl (C=O) groups excluding carboxylic acids is 1. The molecule has 0 saturated heterocycles. The summed E-state index contributed by atoms with van der Waals surface area (Å²) in [6.45, 7) is 6.42. The minimum atomic E-state index is -0.836. The van der Waals surface area contributed by atoms with Crippen molar-refractivity contribution in [3.8, 4) is 0 Å². The Hall–Kier alpha value is 0.269. The van der Waals surface area contributed by atoms with Crippen LogP contribution in [0, 0.1) is 5.92 Å². The first-order chi connectivity index (χ1) is 7.26. The topological polar surface area (TPSA) is 26.3 Å². The van der Waals surface area contributed by atoms with Crippen molar-refractivity contribution in [2.75, 3.05) is 0 Å². The minimum absolute atomic E-state index is 0.0913. The molecule has 0 rings (SSSR count). The second kappa shape index (κ2) is 10.8. The molecule has 0 aromatic carbocycles. The van der Waals surface area contributed by atoms with Crippen LogP contribution in [0.1, 0.15) is 59.3 Å². The average molecular weight is 319 g/mol. The van der Waals surface area contributed by atoms with Crippen LogP contribution in [-0.2, 0) is 7.87 Å². The molecule has 88 valence electrons. The number of unbranched alkanes of at least 4 members (excludes halogenated alkanes) is 2. The summed E-state index contributed by atoms with van der Waals surface area (Å²) in [7, 11) is 0. The molecule has 0 aromatic heterocycles. The van der Waals surface area contributed by atoms with Crippen LogP contribution >= 0.6 is 0 Å². The van der Waals surface area contributed by atoms with Crippen molar-refractivity contribution in [3.05, 3.63) is 0 Å². The standard InChI is InChI=1S/C8H16O2.C4H9.Sn/c1-3-5-6-7(4-2)8(9)10;1-3-4-2;/h7H,3-6H2,1-2H3,(H,9,10);1,3-4H2,2H3;/q;;+1/p-1. The van der Waals surface area contributed by atoms with Gasteiger partial charge >= 0.3 is 105 Å². The van der Waals surface area contributed by atoms with E-state index >= 15 is 0 Å². The molecule has 0 N–H and O–H groups in total. The molecule has 15 heavy (non-hydrogen) atoms. The van der Waals surface area contributed by atoms with Gasteiger partial charge in [0, 0.05) is 0 Å². The Bertz CT molecular complexity index is 160. The summed E-state index contributed by atoms with van der Waals surface area (Å²) in [5.74, 6) is 0.265. The maximum absolute atomic E-state index is 11.7. The molecule has 2 radical (unpaired) electrons. The van der Waals surface area contributed by atoms with Gasteiger partial charge in [-0.05, 0) is 0 Å². The van der Waals surface area contributed by atoms with E-state index in [2.05, 4.69) is 20.8 Å². The first-order valence-corrected chi connectivity index (χ1v) is 9.38. The summed E-state index contributed by atoms with van der Waals surface area (Å²) in [5.41, 5.74) is 0. The quantitative estimate of drug-likeness (QED) is 0.480. The van der Waals surface area contributed by atoms with Gasteiger partial charge in [0.05, 0.1) is 0 Å². The predicted octanol–water partition coefficient (Wildman–Crippen LogP) is 3.58. The molecule has 0 fully saturated rings. The third-order valence-electron chi connectivity index (χ3n) is 2.54. The molecule has 1 unspecified atom stereocenters. The maximum atomic E-state index is 11.7. The van der Waals surface area contributed by atoms with Gasteiger partial charge in [0.25, 0.3) is 0 Å². The van der Waals surface area contributed by atoms with E-state index < -0.39 is 21.6 Å². The summed E-state index contributed by atoms with van der Waals surface area (Å²) >= 11 is -0.836. The molecule has 0 aliphatic carbocycles. The third kappa shape index (κ3) is 8.11. The van der Waals surface area contributed by atoms with Crippen molar-refractivity contribution >= 4 is 27.5 Å². The van der Waals surface area contributed by atoms with Crippen molar-refractivity contribution in [1.82, 2.24) is 0 Å². The molecule has 3 heteroatoms. The molecule has 0 bridgehead atoms. The van der Waals surface area contributed by atoms with Gasteiger partial charge in [-0.3, -0.25) is 0 Å². The van der Waals surface area contributed by atoms with Crippen LogP contribution in [0.3, 0.4) is 0 Å². The van der Waals surface area contributed by atoms with E-state index in [0.29, 0.717) is 0 Å². The van der Waals surface area contributed by atoms with Crippen molar-refractivity contribution in [3.63, 3.8) is 0 Å². The number of rotatable bonds is 9. The zero-order chi connectivity index (χ0) is 11.5. The van der Waals surface area contributed by atoms with Gasteiger partial charge in [-0.15, -0.1) is 0 Å². The summed E-state index contributed by atoms with van der Waals surface area (Å²) in [4.78, 5) is 11.7. The van der Waals surface area contributed by atoms with Crippen molar-refractivity contribution in [2.24, 2.45) is 5.92 Å². The van der Waals surface area contributed by atoms with Gasteiger partial charge in [-0.1, -0.05) is 0 Å². The van der Waals surface area contributed by atoms with Gasteiger partial charge < -0.3 is 0 Å². The molecule has 0 amide bonds. The van der Waals surface area contributed by atoms with E-state index in [4.69, 9.17) is 3.07 Å². The van der Waals surface area contributed by atoms with Crippen molar-refractivity contribution in [2.45, 2.75) is 63.7 Å². The second-order valence-electron chi connectivity index (χ2n) is 3.92. The van der Waals surface area contributed by atoms with Crippen LogP contribution in [0.2, 0.25) is 4.44 Å². The average Bonchev–Trinajstić information content (AvgIpc) is 2.25. The van der Waals surface area contributed by atoms with Crippen LogP contribution in [-0.4, -0.2) is 27.5 Å². The monoisotopic (exact) mass is 320 g/mol. The van der Waals surface area contributed by atoms with Gasteiger partial charge in [0.2, 0.25) is 0 Å². The van der Waals surface area contributed by atoms with Crippen LogP contribution in [0.4, 0.5) is 0 Å². The van der Waals surface area contributed by atoms with Gasteiger partial charge in [-0.2, -0.15) is 0 Å². The number of hydrogen-bond acceptors (Lipinski definition) is 2. The fraction of sp³-hybridized carbons (Fsp3) is 0.917. The predicted molar refractivity (Wildman–Crippen MR) is 64.9 cm³/mol. The Labute approximate surface area is 105 Å². The molecular weight excluding hydrogens is 295 g/mol. The Morgan fingerprint density at radius 3 is 2.40 bits per heavy atom. The fourth-order valence-corrected chi connectivity index (χ4v) is 3.99. The summed E-state index contributed by atoms with van der Waals surface area (Å²) in [6.07, 6.45) is 6.70. The SMILES string of the molecule is CCC[CH2][Sn][O]C(=O)C(CC)CCCC. The van der Waals surface area contributed by atoms with E-state index in [1.807, 2.05) is 0 Å². The van der Waals surface area contributed by atoms with E-state index in [-0.39, 0.29) is 11.9 Å². The second-order valence-corrected chi connectivity index (χ2v) is 6.75. The number of hydrogen-bond donors (Lipinski definition) is 0. The third-order valence-corrected chi connectivity index (χ3v) is 5.12. The number of carbonyl (C=O) groups is 1. The molecule has 0 saturated carbocycles. The van der Waals surface area contributed by atoms with Crippen molar-refractivity contribution < 1.29 is 7.87 Å². The Kier molecular flexibility index (Phi) is 11.0. The Morgan fingerprint density at radius 1 is 1.20 bits per heavy atom. The summed E-state index contributed by atoms with van der Waals surface area (Å²) in [5, 5.41) is 0. The van der Waals surface area contributed by atoms with Crippen LogP contribution < -0.4 is 0 Å². The molecule has 0 heterocycles. The Morgan fingerprint density at radius 2 is 1.87 bits per heavy atom. The molecule has 2 nitrogen and oxygen atoms in total. The van der Waals surface area contributed by atoms with Crippen molar-refractivity contribution in [1.29, 1.82) is 0 Å². The molecule has 0 aliphatic heterocycles. The van der Waals surface area contributed by atoms with Crippen LogP contribution in [0.15, 0.2) is 0 Å². The zero-order valence-corrected chi connectivity index (χ0v) is 13.2. The fourth-order valence-electron chi connectivity index (χ4n) is 1.39. The van der Waals surface area contributed by atoms with Gasteiger partial charge in [0.1, 0.15) is 0 Å². The first kappa shape index (κ1) is 15.3. The van der Waals surface area contributed by atoms with Gasteiger partial charge in [0.15, 0.2) is 0 Å². The van der Waals surface area contributed by atoms with Crippen LogP contribution in [0.25, 0.3) is 0 Å². The molecule has 1 atom stereocenters. The molecule has 0 aliphatic rings. The summed E-state index contributed by atoms with van der Waals surface area (Å²) in [6, 6.07) is 0. The molecule has 0 aromatic rings. The first-order valence-electron chi connectivity index (χ1n) is 6.19.